The lowest BCUT2D eigenvalue weighted by Crippen LogP contribution is -2.47. The van der Waals surface area contributed by atoms with Crippen LogP contribution in [-0.4, -0.2) is 33.4 Å². The fourth-order valence-electron chi connectivity index (χ4n) is 3.82. The highest BCUT2D eigenvalue weighted by atomic mass is 35.5. The minimum Gasteiger partial charge on any atom is -0.388 e. The molecule has 176 valence electrons. The van der Waals surface area contributed by atoms with Crippen LogP contribution in [0.3, 0.4) is 0 Å². The minimum absolute atomic E-state index is 0.0139. The van der Waals surface area contributed by atoms with E-state index in [4.69, 9.17) is 34.8 Å². The van der Waals surface area contributed by atoms with Crippen LogP contribution in [0.15, 0.2) is 77.1 Å². The number of carbonyl (C=O) groups excluding carboxylic acids is 1. The third-order valence-electron chi connectivity index (χ3n) is 5.67. The first-order chi connectivity index (χ1) is 16.3. The predicted octanol–water partition coefficient (Wildman–Crippen LogP) is 3.26. The van der Waals surface area contributed by atoms with E-state index in [1.807, 2.05) is 30.3 Å². The van der Waals surface area contributed by atoms with Crippen molar-refractivity contribution in [2.45, 2.75) is 18.9 Å². The maximum Gasteiger partial charge on any atom is 0.254 e. The average molecular weight is 499 g/mol. The Labute approximate surface area is 207 Å². The number of hydrogen-bond acceptors (Lipinski definition) is 6. The molecule has 10 heteroatoms. The van der Waals surface area contributed by atoms with Crippen LogP contribution in [0.2, 0.25) is 5.02 Å². The summed E-state index contributed by atoms with van der Waals surface area (Å²) in [6.07, 6.45) is 4.08. The van der Waals surface area contributed by atoms with Crippen molar-refractivity contribution in [2.24, 2.45) is 11.6 Å². The standard InChI is InChI=1S/C24H24Cl2N6O2/c25-17-7-8-20(32(28)14-22(26)27)18(12-17)19-13-23(33)31(15-29-19)21(24(34)30-9-4-10-30)11-16-5-2-1-3-6-16/h1-3,5-8,12-15,21H,4,9-11,27-28H2/b22-14-. The van der Waals surface area contributed by atoms with E-state index >= 15 is 0 Å². The molecule has 2 heterocycles. The van der Waals surface area contributed by atoms with E-state index in [-0.39, 0.29) is 16.6 Å². The number of benzene rings is 2. The second-order valence-electron chi connectivity index (χ2n) is 7.99. The SMILES string of the molecule is N/C(Cl)=C\N(N)c1ccc(Cl)cc1-c1cc(=O)n(C(Cc2ccccc2)C(=O)N2CCC2)cn1. The fraction of sp³-hybridized carbons (Fsp3) is 0.208. The molecule has 1 unspecified atom stereocenters. The molecule has 1 saturated heterocycles. The Morgan fingerprint density at radius 2 is 1.91 bits per heavy atom. The van der Waals surface area contributed by atoms with Crippen LogP contribution in [0, 0.1) is 0 Å². The van der Waals surface area contributed by atoms with Crippen molar-refractivity contribution >= 4 is 34.8 Å². The molecule has 0 bridgehead atoms. The molecule has 0 spiro atoms. The summed E-state index contributed by atoms with van der Waals surface area (Å²) in [6.45, 7) is 1.39. The molecule has 2 aromatic carbocycles. The maximum atomic E-state index is 13.2. The number of likely N-dealkylation sites (tertiary alicyclic amines) is 1. The summed E-state index contributed by atoms with van der Waals surface area (Å²) in [6, 6.07) is 15.3. The van der Waals surface area contributed by atoms with Crippen LogP contribution in [0.5, 0.6) is 0 Å². The molecule has 4 N–H and O–H groups in total. The number of nitrogens with zero attached hydrogens (tertiary/aromatic N) is 4. The second kappa shape index (κ2) is 10.3. The Morgan fingerprint density at radius 1 is 1.18 bits per heavy atom. The van der Waals surface area contributed by atoms with Gasteiger partial charge in [-0.1, -0.05) is 53.5 Å². The Hall–Kier alpha value is -3.33. The molecule has 0 radical (unpaired) electrons. The van der Waals surface area contributed by atoms with E-state index in [0.29, 0.717) is 41.5 Å². The first-order valence-electron chi connectivity index (χ1n) is 10.7. The molecule has 1 atom stereocenters. The number of hydrogen-bond donors (Lipinski definition) is 2. The van der Waals surface area contributed by atoms with Crippen molar-refractivity contribution in [3.63, 3.8) is 0 Å². The van der Waals surface area contributed by atoms with Gasteiger partial charge in [0.1, 0.15) is 11.2 Å². The van der Waals surface area contributed by atoms with E-state index in [0.717, 1.165) is 12.0 Å². The van der Waals surface area contributed by atoms with Gasteiger partial charge in [-0.25, -0.2) is 10.8 Å². The van der Waals surface area contributed by atoms with Gasteiger partial charge in [-0.15, -0.1) is 0 Å². The number of aromatic nitrogens is 2. The molecule has 1 amide bonds. The van der Waals surface area contributed by atoms with Gasteiger partial charge in [-0.2, -0.15) is 0 Å². The Bertz CT molecular complexity index is 1270. The Morgan fingerprint density at radius 3 is 2.53 bits per heavy atom. The summed E-state index contributed by atoms with van der Waals surface area (Å²) in [5, 5.41) is 1.66. The molecule has 1 aliphatic heterocycles. The highest BCUT2D eigenvalue weighted by Crippen LogP contribution is 2.31. The average Bonchev–Trinajstić information content (AvgIpc) is 2.76. The molecule has 0 aliphatic carbocycles. The van der Waals surface area contributed by atoms with Crippen LogP contribution in [0.4, 0.5) is 5.69 Å². The van der Waals surface area contributed by atoms with Crippen LogP contribution in [-0.2, 0) is 11.2 Å². The number of carbonyl (C=O) groups is 1. The number of halogens is 2. The number of nitrogens with two attached hydrogens (primary N) is 2. The zero-order valence-corrected chi connectivity index (χ0v) is 19.8. The summed E-state index contributed by atoms with van der Waals surface area (Å²) >= 11 is 12.0. The number of amides is 1. The van der Waals surface area contributed by atoms with Crippen molar-refractivity contribution in [1.82, 2.24) is 14.5 Å². The van der Waals surface area contributed by atoms with Gasteiger partial charge in [0.25, 0.3) is 5.56 Å². The molecule has 8 nitrogen and oxygen atoms in total. The first-order valence-corrected chi connectivity index (χ1v) is 11.5. The molecule has 34 heavy (non-hydrogen) atoms. The fourth-order valence-corrected chi connectivity index (χ4v) is 4.10. The monoisotopic (exact) mass is 498 g/mol. The van der Waals surface area contributed by atoms with Crippen molar-refractivity contribution in [1.29, 1.82) is 0 Å². The molecular formula is C24H24Cl2N6O2. The van der Waals surface area contributed by atoms with Crippen molar-refractivity contribution < 1.29 is 4.79 Å². The smallest absolute Gasteiger partial charge is 0.254 e. The third-order valence-corrected chi connectivity index (χ3v) is 6.00. The molecule has 4 rings (SSSR count). The highest BCUT2D eigenvalue weighted by Gasteiger charge is 2.30. The normalized spacial score (nSPS) is 14.4. The van der Waals surface area contributed by atoms with Gasteiger partial charge in [0.15, 0.2) is 0 Å². The number of hydrazine groups is 1. The Kier molecular flexibility index (Phi) is 7.21. The van der Waals surface area contributed by atoms with Gasteiger partial charge in [0.2, 0.25) is 5.91 Å². The second-order valence-corrected chi connectivity index (χ2v) is 8.86. The van der Waals surface area contributed by atoms with E-state index in [1.54, 1.807) is 23.1 Å². The minimum atomic E-state index is -0.694. The van der Waals surface area contributed by atoms with Gasteiger partial charge in [-0.05, 0) is 30.2 Å². The molecule has 1 aliphatic rings. The van der Waals surface area contributed by atoms with Gasteiger partial charge < -0.3 is 10.6 Å². The lowest BCUT2D eigenvalue weighted by molar-refractivity contribution is -0.138. The van der Waals surface area contributed by atoms with Gasteiger partial charge in [-0.3, -0.25) is 19.2 Å². The zero-order chi connectivity index (χ0) is 24.2. The van der Waals surface area contributed by atoms with Gasteiger partial charge in [0, 0.05) is 36.2 Å². The van der Waals surface area contributed by atoms with Crippen molar-refractivity contribution in [3.8, 4) is 11.3 Å². The van der Waals surface area contributed by atoms with E-state index in [9.17, 15) is 9.59 Å². The molecule has 0 saturated carbocycles. The van der Waals surface area contributed by atoms with Crippen LogP contribution >= 0.6 is 23.2 Å². The predicted molar refractivity (Wildman–Crippen MR) is 134 cm³/mol. The van der Waals surface area contributed by atoms with Crippen LogP contribution in [0.25, 0.3) is 11.3 Å². The van der Waals surface area contributed by atoms with E-state index < -0.39 is 6.04 Å². The number of anilines is 1. The number of rotatable bonds is 7. The van der Waals surface area contributed by atoms with Crippen LogP contribution < -0.4 is 22.1 Å². The van der Waals surface area contributed by atoms with Crippen molar-refractivity contribution in [3.05, 3.63) is 93.2 Å². The largest absolute Gasteiger partial charge is 0.388 e. The molecule has 1 aromatic heterocycles. The summed E-state index contributed by atoms with van der Waals surface area (Å²) in [4.78, 5) is 32.7. The third kappa shape index (κ3) is 5.25. The summed E-state index contributed by atoms with van der Waals surface area (Å²) in [5.41, 5.74) is 7.49. The quantitative estimate of drug-likeness (QED) is 0.293. The first kappa shape index (κ1) is 23.8. The lowest BCUT2D eigenvalue weighted by Gasteiger charge is -2.34. The van der Waals surface area contributed by atoms with E-state index in [2.05, 4.69) is 4.98 Å². The summed E-state index contributed by atoms with van der Waals surface area (Å²) in [7, 11) is 0. The molecular weight excluding hydrogens is 475 g/mol. The van der Waals surface area contributed by atoms with Gasteiger partial charge in [0.05, 0.1) is 23.9 Å². The van der Waals surface area contributed by atoms with E-state index in [1.165, 1.54) is 28.2 Å². The Balaban J connectivity index is 1.73. The van der Waals surface area contributed by atoms with Crippen molar-refractivity contribution in [2.75, 3.05) is 18.1 Å². The maximum absolute atomic E-state index is 13.2. The highest BCUT2D eigenvalue weighted by molar-refractivity contribution is 6.31. The summed E-state index contributed by atoms with van der Waals surface area (Å²) in [5.74, 6) is 5.98. The molecule has 1 fully saturated rings. The zero-order valence-electron chi connectivity index (χ0n) is 18.3. The van der Waals surface area contributed by atoms with Crippen LogP contribution in [0.1, 0.15) is 18.0 Å². The topological polar surface area (TPSA) is 110 Å². The van der Waals surface area contributed by atoms with Gasteiger partial charge >= 0.3 is 0 Å². The molecule has 3 aromatic rings. The lowest BCUT2D eigenvalue weighted by atomic mass is 10.0. The summed E-state index contributed by atoms with van der Waals surface area (Å²) < 4.78 is 1.39.